The standard InChI is InChI=1S/C7H8N2O2.C2H6/c1-3-4-7(2,10)6-9-8-5-11-6;1-2/h5,10H,1-2H3;1-2H3. The van der Waals surface area contributed by atoms with Crippen molar-refractivity contribution in [2.45, 2.75) is 33.3 Å². The zero-order chi connectivity index (χ0) is 10.3. The Labute approximate surface area is 78.0 Å². The molecule has 0 bridgehead atoms. The summed E-state index contributed by atoms with van der Waals surface area (Å²) in [4.78, 5) is 0. The van der Waals surface area contributed by atoms with Crippen LogP contribution in [0.15, 0.2) is 10.8 Å². The molecular formula is C9H14N2O2. The van der Waals surface area contributed by atoms with E-state index in [0.717, 1.165) is 6.39 Å². The first kappa shape index (κ1) is 11.7. The van der Waals surface area contributed by atoms with Crippen LogP contribution < -0.4 is 0 Å². The van der Waals surface area contributed by atoms with Gasteiger partial charge in [0.15, 0.2) is 0 Å². The van der Waals surface area contributed by atoms with Gasteiger partial charge in [-0.15, -0.1) is 16.1 Å². The summed E-state index contributed by atoms with van der Waals surface area (Å²) in [6.07, 6.45) is 1.15. The van der Waals surface area contributed by atoms with Gasteiger partial charge in [0, 0.05) is 0 Å². The second-order valence-electron chi connectivity index (χ2n) is 2.19. The van der Waals surface area contributed by atoms with Crippen LogP contribution in [0.5, 0.6) is 0 Å². The van der Waals surface area contributed by atoms with Gasteiger partial charge in [0.2, 0.25) is 12.0 Å². The Morgan fingerprint density at radius 1 is 1.54 bits per heavy atom. The fourth-order valence-corrected chi connectivity index (χ4v) is 0.682. The molecule has 0 spiro atoms. The number of hydrogen-bond acceptors (Lipinski definition) is 4. The fourth-order valence-electron chi connectivity index (χ4n) is 0.682. The van der Waals surface area contributed by atoms with Gasteiger partial charge in [-0.1, -0.05) is 19.8 Å². The SMILES string of the molecule is CC.CC#CC(C)(O)c1nnco1. The number of nitrogens with zero attached hydrogens (tertiary/aromatic N) is 2. The third-order valence-corrected chi connectivity index (χ3v) is 1.14. The lowest BCUT2D eigenvalue weighted by Crippen LogP contribution is -2.18. The molecule has 4 heteroatoms. The Hall–Kier alpha value is -1.34. The molecular weight excluding hydrogens is 168 g/mol. The Balaban J connectivity index is 0.000000671. The van der Waals surface area contributed by atoms with Gasteiger partial charge in [-0.05, 0) is 13.8 Å². The van der Waals surface area contributed by atoms with Gasteiger partial charge in [-0.25, -0.2) is 0 Å². The molecule has 0 saturated heterocycles. The van der Waals surface area contributed by atoms with Crippen molar-refractivity contribution in [3.63, 3.8) is 0 Å². The Morgan fingerprint density at radius 2 is 2.15 bits per heavy atom. The highest BCUT2D eigenvalue weighted by molar-refractivity contribution is 5.15. The van der Waals surface area contributed by atoms with Gasteiger partial charge in [0.25, 0.3) is 5.89 Å². The molecule has 1 rings (SSSR count). The number of aliphatic hydroxyl groups is 1. The summed E-state index contributed by atoms with van der Waals surface area (Å²) in [5, 5.41) is 16.5. The fraction of sp³-hybridized carbons (Fsp3) is 0.556. The van der Waals surface area contributed by atoms with E-state index in [1.54, 1.807) is 6.92 Å². The summed E-state index contributed by atoms with van der Waals surface area (Å²) >= 11 is 0. The summed E-state index contributed by atoms with van der Waals surface area (Å²) in [7, 11) is 0. The zero-order valence-electron chi connectivity index (χ0n) is 8.33. The second kappa shape index (κ2) is 5.33. The molecule has 1 N–H and O–H groups in total. The van der Waals surface area contributed by atoms with E-state index in [4.69, 9.17) is 4.42 Å². The van der Waals surface area contributed by atoms with Crippen LogP contribution in [0.1, 0.15) is 33.6 Å². The first-order valence-electron chi connectivity index (χ1n) is 4.10. The predicted octanol–water partition coefficient (Wildman–Crippen LogP) is 1.33. The van der Waals surface area contributed by atoms with Gasteiger partial charge >= 0.3 is 0 Å². The van der Waals surface area contributed by atoms with Gasteiger partial charge in [-0.2, -0.15) is 0 Å². The van der Waals surface area contributed by atoms with E-state index in [2.05, 4.69) is 22.0 Å². The Kier molecular flexibility index (Phi) is 4.78. The van der Waals surface area contributed by atoms with E-state index >= 15 is 0 Å². The van der Waals surface area contributed by atoms with Crippen molar-refractivity contribution in [1.82, 2.24) is 10.2 Å². The first-order chi connectivity index (χ1) is 6.17. The van der Waals surface area contributed by atoms with Gasteiger partial charge < -0.3 is 9.52 Å². The van der Waals surface area contributed by atoms with Crippen LogP contribution in [0.3, 0.4) is 0 Å². The third-order valence-electron chi connectivity index (χ3n) is 1.14. The molecule has 0 amide bonds. The Bertz CT molecular complexity index is 280. The van der Waals surface area contributed by atoms with E-state index in [-0.39, 0.29) is 5.89 Å². The number of aromatic nitrogens is 2. The average molecular weight is 182 g/mol. The van der Waals surface area contributed by atoms with Crippen LogP contribution in [0.25, 0.3) is 0 Å². The minimum Gasteiger partial charge on any atom is -0.424 e. The zero-order valence-corrected chi connectivity index (χ0v) is 8.33. The molecule has 0 aliphatic carbocycles. The molecule has 4 nitrogen and oxygen atoms in total. The van der Waals surface area contributed by atoms with E-state index in [9.17, 15) is 5.11 Å². The molecule has 1 aromatic rings. The third kappa shape index (κ3) is 3.26. The maximum Gasteiger partial charge on any atom is 0.260 e. The van der Waals surface area contributed by atoms with E-state index in [1.807, 2.05) is 13.8 Å². The number of hydrogen-bond donors (Lipinski definition) is 1. The maximum atomic E-state index is 9.50. The quantitative estimate of drug-likeness (QED) is 0.665. The molecule has 0 fully saturated rings. The van der Waals surface area contributed by atoms with Crippen LogP contribution in [0.2, 0.25) is 0 Å². The highest BCUT2D eigenvalue weighted by atomic mass is 16.4. The lowest BCUT2D eigenvalue weighted by molar-refractivity contribution is 0.0891. The lowest BCUT2D eigenvalue weighted by atomic mass is 10.1. The monoisotopic (exact) mass is 182 g/mol. The van der Waals surface area contributed by atoms with Crippen molar-refractivity contribution in [2.75, 3.05) is 0 Å². The summed E-state index contributed by atoms with van der Waals surface area (Å²) < 4.78 is 4.78. The molecule has 1 atom stereocenters. The minimum absolute atomic E-state index is 0.117. The molecule has 0 aliphatic rings. The molecule has 0 saturated carbocycles. The lowest BCUT2D eigenvalue weighted by Gasteiger charge is -2.08. The highest BCUT2D eigenvalue weighted by Crippen LogP contribution is 2.15. The topological polar surface area (TPSA) is 59.2 Å². The average Bonchev–Trinajstić information content (AvgIpc) is 2.60. The largest absolute Gasteiger partial charge is 0.424 e. The van der Waals surface area contributed by atoms with E-state index in [1.165, 1.54) is 6.92 Å². The molecule has 1 aromatic heterocycles. The molecule has 0 aliphatic heterocycles. The highest BCUT2D eigenvalue weighted by Gasteiger charge is 2.25. The van der Waals surface area contributed by atoms with Crippen molar-refractivity contribution in [3.8, 4) is 11.8 Å². The van der Waals surface area contributed by atoms with Crippen LogP contribution in [-0.2, 0) is 5.60 Å². The van der Waals surface area contributed by atoms with Crippen molar-refractivity contribution < 1.29 is 9.52 Å². The normalized spacial score (nSPS) is 13.0. The van der Waals surface area contributed by atoms with Crippen LogP contribution >= 0.6 is 0 Å². The summed E-state index contributed by atoms with van der Waals surface area (Å²) in [5.74, 6) is 5.22. The van der Waals surface area contributed by atoms with Crippen molar-refractivity contribution in [2.24, 2.45) is 0 Å². The predicted molar refractivity (Wildman–Crippen MR) is 48.7 cm³/mol. The molecule has 0 radical (unpaired) electrons. The van der Waals surface area contributed by atoms with Crippen molar-refractivity contribution in [1.29, 1.82) is 0 Å². The van der Waals surface area contributed by atoms with E-state index < -0.39 is 5.60 Å². The molecule has 72 valence electrons. The van der Waals surface area contributed by atoms with Crippen LogP contribution in [-0.4, -0.2) is 15.3 Å². The first-order valence-corrected chi connectivity index (χ1v) is 4.10. The second-order valence-corrected chi connectivity index (χ2v) is 2.19. The summed E-state index contributed by atoms with van der Waals surface area (Å²) in [6, 6.07) is 0. The number of rotatable bonds is 1. The van der Waals surface area contributed by atoms with Crippen LogP contribution in [0.4, 0.5) is 0 Å². The minimum atomic E-state index is -1.33. The molecule has 13 heavy (non-hydrogen) atoms. The molecule has 0 aromatic carbocycles. The Morgan fingerprint density at radius 3 is 2.54 bits per heavy atom. The molecule has 1 unspecified atom stereocenters. The van der Waals surface area contributed by atoms with Gasteiger partial charge in [0.05, 0.1) is 0 Å². The molecule has 1 heterocycles. The summed E-state index contributed by atoms with van der Waals surface area (Å²) in [5.41, 5.74) is -1.33. The van der Waals surface area contributed by atoms with E-state index in [0.29, 0.717) is 0 Å². The van der Waals surface area contributed by atoms with Gasteiger partial charge in [0.1, 0.15) is 0 Å². The summed E-state index contributed by atoms with van der Waals surface area (Å²) in [6.45, 7) is 7.13. The van der Waals surface area contributed by atoms with Gasteiger partial charge in [-0.3, -0.25) is 0 Å². The van der Waals surface area contributed by atoms with Crippen molar-refractivity contribution in [3.05, 3.63) is 12.3 Å². The van der Waals surface area contributed by atoms with Crippen LogP contribution in [0, 0.1) is 11.8 Å². The van der Waals surface area contributed by atoms with Crippen molar-refractivity contribution >= 4 is 0 Å². The smallest absolute Gasteiger partial charge is 0.260 e. The maximum absolute atomic E-state index is 9.50.